The molecule has 0 saturated carbocycles. The van der Waals surface area contributed by atoms with Gasteiger partial charge in [-0.15, -0.1) is 0 Å². The Morgan fingerprint density at radius 3 is 2.48 bits per heavy atom. The molecule has 0 aliphatic rings. The number of nitro groups is 1. The molecule has 5 nitrogen and oxygen atoms in total. The number of nitrogens with zero attached hydrogens (tertiary/aromatic N) is 1. The zero-order valence-electron chi connectivity index (χ0n) is 11.5. The first kappa shape index (κ1) is 15.3. The van der Waals surface area contributed by atoms with Gasteiger partial charge in [0.25, 0.3) is 0 Å². The van der Waals surface area contributed by atoms with E-state index in [1.165, 1.54) is 12.1 Å². The molecule has 0 spiro atoms. The van der Waals surface area contributed by atoms with Crippen LogP contribution in [0.25, 0.3) is 0 Å². The number of ether oxygens (including phenoxy) is 1. The maximum Gasteiger partial charge on any atom is 0.311 e. The second-order valence-corrected chi connectivity index (χ2v) is 5.10. The molecule has 0 fully saturated rings. The van der Waals surface area contributed by atoms with E-state index in [2.05, 4.69) is 0 Å². The predicted molar refractivity (Wildman–Crippen MR) is 80.0 cm³/mol. The van der Waals surface area contributed by atoms with Crippen LogP contribution in [0.3, 0.4) is 0 Å². The third-order valence-electron chi connectivity index (χ3n) is 2.97. The van der Waals surface area contributed by atoms with Crippen molar-refractivity contribution in [3.8, 4) is 11.5 Å². The Morgan fingerprint density at radius 1 is 1.24 bits per heavy atom. The average Bonchev–Trinajstić information content (AvgIpc) is 2.42. The van der Waals surface area contributed by atoms with Crippen molar-refractivity contribution in [3.63, 3.8) is 0 Å². The van der Waals surface area contributed by atoms with Gasteiger partial charge in [0.1, 0.15) is 5.75 Å². The fraction of sp³-hybridized carbons (Fsp3) is 0.200. The molecule has 6 heteroatoms. The lowest BCUT2D eigenvalue weighted by Gasteiger charge is -2.11. The summed E-state index contributed by atoms with van der Waals surface area (Å²) in [4.78, 5) is 10.6. The van der Waals surface area contributed by atoms with Gasteiger partial charge in [0.2, 0.25) is 5.75 Å². The fourth-order valence-electron chi connectivity index (χ4n) is 1.83. The molecule has 0 aliphatic carbocycles. The topological polar surface area (TPSA) is 72.6 Å². The van der Waals surface area contributed by atoms with Gasteiger partial charge in [-0.05, 0) is 43.2 Å². The summed E-state index contributed by atoms with van der Waals surface area (Å²) in [6.07, 6.45) is -0.648. The van der Waals surface area contributed by atoms with Gasteiger partial charge < -0.3 is 9.84 Å². The van der Waals surface area contributed by atoms with Gasteiger partial charge in [0, 0.05) is 6.07 Å². The highest BCUT2D eigenvalue weighted by Gasteiger charge is 2.17. The molecule has 2 aromatic rings. The Bertz CT molecular complexity index is 685. The van der Waals surface area contributed by atoms with E-state index in [9.17, 15) is 15.2 Å². The number of hydrogen-bond donors (Lipinski definition) is 1. The highest BCUT2D eigenvalue weighted by molar-refractivity contribution is 6.32. The van der Waals surface area contributed by atoms with Gasteiger partial charge in [-0.3, -0.25) is 10.1 Å². The second-order valence-electron chi connectivity index (χ2n) is 4.70. The van der Waals surface area contributed by atoms with Crippen molar-refractivity contribution in [2.75, 3.05) is 0 Å². The maximum absolute atomic E-state index is 11.1. The normalized spacial score (nSPS) is 12.0. The fourth-order valence-corrected chi connectivity index (χ4v) is 2.06. The molecule has 0 heterocycles. The SMILES string of the molecule is Cc1ccc(Oc2ccc([C@H](C)O)cc2Cl)c([N+](=O)[O-])c1. The van der Waals surface area contributed by atoms with Crippen molar-refractivity contribution >= 4 is 17.3 Å². The van der Waals surface area contributed by atoms with Gasteiger partial charge in [-0.1, -0.05) is 23.7 Å². The van der Waals surface area contributed by atoms with Crippen molar-refractivity contribution in [1.29, 1.82) is 0 Å². The van der Waals surface area contributed by atoms with E-state index in [0.717, 1.165) is 5.56 Å². The van der Waals surface area contributed by atoms with Crippen LogP contribution < -0.4 is 4.74 Å². The van der Waals surface area contributed by atoms with Crippen LogP contribution in [0.2, 0.25) is 5.02 Å². The summed E-state index contributed by atoms with van der Waals surface area (Å²) >= 11 is 6.08. The number of benzene rings is 2. The average molecular weight is 308 g/mol. The van der Waals surface area contributed by atoms with Gasteiger partial charge in [-0.2, -0.15) is 0 Å². The van der Waals surface area contributed by atoms with Gasteiger partial charge >= 0.3 is 5.69 Å². The minimum absolute atomic E-state index is 0.120. The standard InChI is InChI=1S/C15H14ClNO4/c1-9-3-5-15(13(7-9)17(19)20)21-14-6-4-11(10(2)18)8-12(14)16/h3-8,10,18H,1-2H3/t10-/m0/s1. The van der Waals surface area contributed by atoms with E-state index in [1.54, 1.807) is 38.1 Å². The number of aliphatic hydroxyl groups excluding tert-OH is 1. The van der Waals surface area contributed by atoms with E-state index in [4.69, 9.17) is 16.3 Å². The molecule has 1 N–H and O–H groups in total. The minimum atomic E-state index is -0.648. The largest absolute Gasteiger partial charge is 0.449 e. The molecule has 110 valence electrons. The monoisotopic (exact) mass is 307 g/mol. The second kappa shape index (κ2) is 6.11. The first-order chi connectivity index (χ1) is 9.88. The molecule has 0 amide bonds. The van der Waals surface area contributed by atoms with E-state index in [1.807, 2.05) is 0 Å². The molecule has 1 atom stereocenters. The summed E-state index contributed by atoms with van der Waals surface area (Å²) in [6, 6.07) is 9.50. The summed E-state index contributed by atoms with van der Waals surface area (Å²) in [5.74, 6) is 0.422. The van der Waals surface area contributed by atoms with Crippen LogP contribution >= 0.6 is 11.6 Å². The first-order valence-corrected chi connectivity index (χ1v) is 6.66. The zero-order chi connectivity index (χ0) is 15.6. The summed E-state index contributed by atoms with van der Waals surface area (Å²) in [7, 11) is 0. The number of rotatable bonds is 4. The van der Waals surface area contributed by atoms with Crippen molar-refractivity contribution in [2.45, 2.75) is 20.0 Å². The Morgan fingerprint density at radius 2 is 1.90 bits per heavy atom. The summed E-state index contributed by atoms with van der Waals surface area (Å²) in [6.45, 7) is 3.39. The quantitative estimate of drug-likeness (QED) is 0.671. The highest BCUT2D eigenvalue weighted by Crippen LogP contribution is 2.36. The molecule has 0 saturated heterocycles. The molecule has 0 radical (unpaired) electrons. The highest BCUT2D eigenvalue weighted by atomic mass is 35.5. The molecule has 2 rings (SSSR count). The van der Waals surface area contributed by atoms with E-state index < -0.39 is 11.0 Å². The molecule has 0 aliphatic heterocycles. The van der Waals surface area contributed by atoms with Crippen LogP contribution in [0.1, 0.15) is 24.2 Å². The summed E-state index contributed by atoms with van der Waals surface area (Å²) in [5.41, 5.74) is 1.29. The van der Waals surface area contributed by atoms with Crippen LogP contribution in [0.15, 0.2) is 36.4 Å². The van der Waals surface area contributed by atoms with Crippen molar-refractivity contribution < 1.29 is 14.8 Å². The number of aryl methyl sites for hydroxylation is 1. The molecular weight excluding hydrogens is 294 g/mol. The molecule has 0 aromatic heterocycles. The van der Waals surface area contributed by atoms with E-state index in [0.29, 0.717) is 11.3 Å². The van der Waals surface area contributed by atoms with Crippen molar-refractivity contribution in [2.24, 2.45) is 0 Å². The maximum atomic E-state index is 11.1. The molecule has 0 unspecified atom stereocenters. The van der Waals surface area contributed by atoms with Gasteiger partial charge in [-0.25, -0.2) is 0 Å². The third kappa shape index (κ3) is 3.51. The predicted octanol–water partition coefficient (Wildman–Crippen LogP) is 4.40. The van der Waals surface area contributed by atoms with Gasteiger partial charge in [0.05, 0.1) is 16.0 Å². The van der Waals surface area contributed by atoms with Crippen molar-refractivity contribution in [3.05, 3.63) is 62.7 Å². The van der Waals surface area contributed by atoms with Crippen LogP contribution in [-0.4, -0.2) is 10.0 Å². The third-order valence-corrected chi connectivity index (χ3v) is 3.26. The summed E-state index contributed by atoms with van der Waals surface area (Å²) < 4.78 is 5.54. The number of halogens is 1. The van der Waals surface area contributed by atoms with E-state index in [-0.39, 0.29) is 16.5 Å². The Kier molecular flexibility index (Phi) is 4.45. The lowest BCUT2D eigenvalue weighted by atomic mass is 10.1. The smallest absolute Gasteiger partial charge is 0.311 e. The zero-order valence-corrected chi connectivity index (χ0v) is 12.3. The van der Waals surface area contributed by atoms with E-state index >= 15 is 0 Å². The van der Waals surface area contributed by atoms with Crippen LogP contribution in [-0.2, 0) is 0 Å². The minimum Gasteiger partial charge on any atom is -0.449 e. The number of nitro benzene ring substituents is 1. The molecule has 21 heavy (non-hydrogen) atoms. The molecular formula is C15H14ClNO4. The Hall–Kier alpha value is -2.11. The first-order valence-electron chi connectivity index (χ1n) is 6.29. The Balaban J connectivity index is 2.37. The van der Waals surface area contributed by atoms with Crippen LogP contribution in [0.4, 0.5) is 5.69 Å². The lowest BCUT2D eigenvalue weighted by molar-refractivity contribution is -0.385. The van der Waals surface area contributed by atoms with Gasteiger partial charge in [0.15, 0.2) is 0 Å². The lowest BCUT2D eigenvalue weighted by Crippen LogP contribution is -1.96. The van der Waals surface area contributed by atoms with Crippen LogP contribution in [0, 0.1) is 17.0 Å². The number of hydrogen-bond acceptors (Lipinski definition) is 4. The Labute approximate surface area is 126 Å². The van der Waals surface area contributed by atoms with Crippen LogP contribution in [0.5, 0.6) is 11.5 Å². The molecule has 2 aromatic carbocycles. The number of aliphatic hydroxyl groups is 1. The molecule has 0 bridgehead atoms. The summed E-state index contributed by atoms with van der Waals surface area (Å²) in [5, 5.41) is 20.8. The van der Waals surface area contributed by atoms with Crippen molar-refractivity contribution in [1.82, 2.24) is 0 Å².